The molecule has 0 spiro atoms. The molecular formula is C46H36BFN2Si. The molecule has 3 aliphatic heterocycles. The van der Waals surface area contributed by atoms with Crippen molar-refractivity contribution in [2.75, 3.05) is 9.80 Å². The van der Waals surface area contributed by atoms with Gasteiger partial charge in [0, 0.05) is 34.1 Å². The van der Waals surface area contributed by atoms with Crippen molar-refractivity contribution in [3.05, 3.63) is 175 Å². The lowest BCUT2D eigenvalue weighted by atomic mass is 9.33. The van der Waals surface area contributed by atoms with Gasteiger partial charge in [0.2, 0.25) is 0 Å². The van der Waals surface area contributed by atoms with Crippen molar-refractivity contribution < 1.29 is 4.39 Å². The summed E-state index contributed by atoms with van der Waals surface area (Å²) in [7, 11) is -2.84. The van der Waals surface area contributed by atoms with E-state index in [2.05, 4.69) is 176 Å². The van der Waals surface area contributed by atoms with Crippen LogP contribution >= 0.6 is 0 Å². The number of nitrogens with zero attached hydrogens (tertiary/aromatic N) is 2. The standard InChI is InChI=1S/C46H36BFN2Si/c1-46(2,3)31-26-27-36-39(28-31)49(33-16-7-4-8-17-33)40-29-32(48)30-41-44(40)47(36)37-22-15-25-43-45(37)50(41)38-23-13-14-24-42(38)51(43,34-18-9-5-10-19-34)35-20-11-6-12-21-35/h4-30H,1-3H3. The summed E-state index contributed by atoms with van der Waals surface area (Å²) in [6, 6.07) is 59.1. The third-order valence-electron chi connectivity index (χ3n) is 11.3. The average molecular weight is 675 g/mol. The van der Waals surface area contributed by atoms with Crippen LogP contribution in [-0.4, -0.2) is 14.8 Å². The normalized spacial score (nSPS) is 14.7. The SMILES string of the molecule is CC(C)(C)c1ccc2c(c1)N(c1ccccc1)c1cc(F)cc3c1B2c1cccc2c1N3c1ccccc1[Si]2(c1ccccc1)c1ccccc1. The van der Waals surface area contributed by atoms with Gasteiger partial charge in [0.05, 0.1) is 0 Å². The minimum absolute atomic E-state index is 0.0552. The first-order valence-corrected chi connectivity index (χ1v) is 19.8. The molecule has 7 aromatic rings. The molecule has 0 aliphatic carbocycles. The second-order valence-corrected chi connectivity index (χ2v) is 18.8. The minimum Gasteiger partial charge on any atom is -0.311 e. The predicted octanol–water partition coefficient (Wildman–Crippen LogP) is 6.90. The van der Waals surface area contributed by atoms with E-state index in [1.807, 2.05) is 6.07 Å². The number of para-hydroxylation sites is 3. The van der Waals surface area contributed by atoms with E-state index in [1.165, 1.54) is 42.9 Å². The molecule has 7 aromatic carbocycles. The van der Waals surface area contributed by atoms with Gasteiger partial charge in [-0.2, -0.15) is 0 Å². The Morgan fingerprint density at radius 2 is 1.10 bits per heavy atom. The fourth-order valence-electron chi connectivity index (χ4n) is 9.18. The number of anilines is 6. The van der Waals surface area contributed by atoms with Crippen LogP contribution in [0.1, 0.15) is 26.3 Å². The van der Waals surface area contributed by atoms with Gasteiger partial charge in [-0.05, 0) is 84.5 Å². The molecule has 0 unspecified atom stereocenters. The van der Waals surface area contributed by atoms with Crippen LogP contribution in [0.2, 0.25) is 0 Å². The van der Waals surface area contributed by atoms with Gasteiger partial charge in [-0.1, -0.05) is 148 Å². The van der Waals surface area contributed by atoms with E-state index in [4.69, 9.17) is 0 Å². The van der Waals surface area contributed by atoms with E-state index in [9.17, 15) is 0 Å². The van der Waals surface area contributed by atoms with Crippen LogP contribution in [0.15, 0.2) is 164 Å². The number of rotatable bonds is 3. The second-order valence-electron chi connectivity index (χ2n) is 15.1. The van der Waals surface area contributed by atoms with Crippen LogP contribution in [0.5, 0.6) is 0 Å². The first-order chi connectivity index (χ1) is 24.9. The van der Waals surface area contributed by atoms with Crippen LogP contribution in [0.25, 0.3) is 0 Å². The smallest absolute Gasteiger partial charge is 0.252 e. The molecule has 0 saturated carbocycles. The Morgan fingerprint density at radius 3 is 1.76 bits per heavy atom. The molecule has 5 heteroatoms. The van der Waals surface area contributed by atoms with E-state index >= 15 is 4.39 Å². The summed E-state index contributed by atoms with van der Waals surface area (Å²) in [4.78, 5) is 4.69. The molecular weight excluding hydrogens is 638 g/mol. The Bertz CT molecular complexity index is 2460. The van der Waals surface area contributed by atoms with Crippen molar-refractivity contribution in [3.63, 3.8) is 0 Å². The summed E-state index contributed by atoms with van der Waals surface area (Å²) in [5.74, 6) is -0.238. The molecule has 3 aliphatic rings. The first kappa shape index (κ1) is 30.2. The Hall–Kier alpha value is -5.65. The molecule has 51 heavy (non-hydrogen) atoms. The highest BCUT2D eigenvalue weighted by Crippen LogP contribution is 2.46. The summed E-state index contributed by atoms with van der Waals surface area (Å²) in [6.45, 7) is 6.71. The largest absolute Gasteiger partial charge is 0.311 e. The van der Waals surface area contributed by atoms with Gasteiger partial charge in [-0.25, -0.2) is 4.39 Å². The Morgan fingerprint density at radius 1 is 0.510 bits per heavy atom. The Labute approximate surface area is 300 Å². The maximum atomic E-state index is 16.4. The molecule has 0 atom stereocenters. The van der Waals surface area contributed by atoms with E-state index in [0.717, 1.165) is 33.9 Å². The van der Waals surface area contributed by atoms with E-state index in [-0.39, 0.29) is 17.9 Å². The molecule has 0 aromatic heterocycles. The van der Waals surface area contributed by atoms with Gasteiger partial charge in [0.1, 0.15) is 5.82 Å². The molecule has 244 valence electrons. The molecule has 0 fully saturated rings. The molecule has 2 nitrogen and oxygen atoms in total. The lowest BCUT2D eigenvalue weighted by molar-refractivity contribution is 0.590. The number of hydrogen-bond acceptors (Lipinski definition) is 2. The van der Waals surface area contributed by atoms with Crippen LogP contribution in [0.4, 0.5) is 38.5 Å². The Balaban J connectivity index is 1.36. The molecule has 0 bridgehead atoms. The summed E-state index contributed by atoms with van der Waals surface area (Å²) in [6.07, 6.45) is 0. The van der Waals surface area contributed by atoms with Gasteiger partial charge in [-0.3, -0.25) is 0 Å². The van der Waals surface area contributed by atoms with E-state index < -0.39 is 8.07 Å². The first-order valence-electron chi connectivity index (χ1n) is 17.8. The zero-order chi connectivity index (χ0) is 34.5. The molecule has 0 N–H and O–H groups in total. The number of fused-ring (bicyclic) bond motifs is 6. The monoisotopic (exact) mass is 674 g/mol. The number of halogens is 1. The fraction of sp³-hybridized carbons (Fsp3) is 0.0870. The number of hydrogen-bond donors (Lipinski definition) is 0. The average Bonchev–Trinajstić information content (AvgIpc) is 3.16. The third-order valence-corrected chi connectivity index (χ3v) is 16.1. The second kappa shape index (κ2) is 10.9. The quantitative estimate of drug-likeness (QED) is 0.188. The van der Waals surface area contributed by atoms with Crippen molar-refractivity contribution in [1.29, 1.82) is 0 Å². The summed E-state index contributed by atoms with van der Waals surface area (Å²) in [5.41, 5.74) is 11.1. The van der Waals surface area contributed by atoms with E-state index in [0.29, 0.717) is 0 Å². The maximum Gasteiger partial charge on any atom is 0.252 e. The summed E-state index contributed by atoms with van der Waals surface area (Å²) in [5, 5.41) is 5.34. The fourth-order valence-corrected chi connectivity index (χ4v) is 14.3. The van der Waals surface area contributed by atoms with Crippen LogP contribution in [0.3, 0.4) is 0 Å². The highest BCUT2D eigenvalue weighted by molar-refractivity contribution is 7.22. The van der Waals surface area contributed by atoms with Gasteiger partial charge in [0.15, 0.2) is 8.07 Å². The van der Waals surface area contributed by atoms with E-state index in [1.54, 1.807) is 12.1 Å². The Kier molecular flexibility index (Phi) is 6.47. The molecule has 0 amide bonds. The van der Waals surface area contributed by atoms with Crippen LogP contribution in [0, 0.1) is 5.82 Å². The van der Waals surface area contributed by atoms with Gasteiger partial charge in [-0.15, -0.1) is 0 Å². The summed E-state index contributed by atoms with van der Waals surface area (Å²) >= 11 is 0. The topological polar surface area (TPSA) is 6.48 Å². The number of benzene rings is 7. The molecule has 0 saturated heterocycles. The molecule has 0 radical (unpaired) electrons. The van der Waals surface area contributed by atoms with Gasteiger partial charge >= 0.3 is 0 Å². The van der Waals surface area contributed by atoms with Crippen molar-refractivity contribution >= 4 is 86.0 Å². The third kappa shape index (κ3) is 4.16. The van der Waals surface area contributed by atoms with Crippen LogP contribution in [-0.2, 0) is 5.41 Å². The molecule has 10 rings (SSSR count). The highest BCUT2D eigenvalue weighted by atomic mass is 28.3. The van der Waals surface area contributed by atoms with Crippen molar-refractivity contribution in [2.24, 2.45) is 0 Å². The van der Waals surface area contributed by atoms with Gasteiger partial charge < -0.3 is 9.80 Å². The predicted molar refractivity (Wildman–Crippen MR) is 216 cm³/mol. The van der Waals surface area contributed by atoms with Crippen molar-refractivity contribution in [1.82, 2.24) is 0 Å². The zero-order valence-corrected chi connectivity index (χ0v) is 29.9. The highest BCUT2D eigenvalue weighted by Gasteiger charge is 2.53. The molecule has 3 heterocycles. The summed E-state index contributed by atoms with van der Waals surface area (Å²) < 4.78 is 16.4. The lowest BCUT2D eigenvalue weighted by Crippen LogP contribution is -2.79. The van der Waals surface area contributed by atoms with Crippen molar-refractivity contribution in [2.45, 2.75) is 26.2 Å². The zero-order valence-electron chi connectivity index (χ0n) is 28.9. The maximum absolute atomic E-state index is 16.4. The lowest BCUT2D eigenvalue weighted by Gasteiger charge is -2.50. The minimum atomic E-state index is -2.84. The van der Waals surface area contributed by atoms with Gasteiger partial charge in [0.25, 0.3) is 6.71 Å². The van der Waals surface area contributed by atoms with Crippen LogP contribution < -0.4 is 46.9 Å². The van der Waals surface area contributed by atoms with Crippen molar-refractivity contribution in [3.8, 4) is 0 Å².